The van der Waals surface area contributed by atoms with Crippen LogP contribution in [-0.2, 0) is 6.54 Å². The van der Waals surface area contributed by atoms with E-state index < -0.39 is 0 Å². The Morgan fingerprint density at radius 3 is 2.94 bits per heavy atom. The fraction of sp³-hybridized carbons (Fsp3) is 0.636. The summed E-state index contributed by atoms with van der Waals surface area (Å²) in [7, 11) is 0. The lowest BCUT2D eigenvalue weighted by molar-refractivity contribution is 0.362. The summed E-state index contributed by atoms with van der Waals surface area (Å²) < 4.78 is 1.26. The maximum Gasteiger partial charge on any atom is 0.328 e. The summed E-state index contributed by atoms with van der Waals surface area (Å²) in [5, 5.41) is 3.40. The van der Waals surface area contributed by atoms with E-state index in [1.54, 1.807) is 0 Å². The summed E-state index contributed by atoms with van der Waals surface area (Å²) in [4.78, 5) is 25.4. The van der Waals surface area contributed by atoms with E-state index in [2.05, 4.69) is 10.3 Å². The highest BCUT2D eigenvalue weighted by molar-refractivity contribution is 4.83. The third-order valence-electron chi connectivity index (χ3n) is 3.06. The molecule has 1 aliphatic rings. The Hall–Kier alpha value is -1.36. The zero-order valence-electron chi connectivity index (χ0n) is 9.24. The van der Waals surface area contributed by atoms with Crippen LogP contribution in [0, 0.1) is 0 Å². The summed E-state index contributed by atoms with van der Waals surface area (Å²) in [5.41, 5.74) is -0.539. The second-order valence-electron chi connectivity index (χ2n) is 4.21. The molecule has 0 radical (unpaired) electrons. The topological polar surface area (TPSA) is 66.9 Å². The lowest BCUT2D eigenvalue weighted by atomic mass is 10.0. The van der Waals surface area contributed by atoms with Gasteiger partial charge in [0.2, 0.25) is 0 Å². The van der Waals surface area contributed by atoms with E-state index in [1.807, 2.05) is 0 Å². The van der Waals surface area contributed by atoms with Gasteiger partial charge in [-0.3, -0.25) is 9.36 Å². The molecule has 0 saturated carbocycles. The summed E-state index contributed by atoms with van der Waals surface area (Å²) in [6.45, 7) is 1.54. The number of rotatable bonds is 3. The number of H-pyrrole nitrogens is 1. The van der Waals surface area contributed by atoms with Crippen molar-refractivity contribution in [1.82, 2.24) is 14.9 Å². The molecule has 0 aliphatic carbocycles. The van der Waals surface area contributed by atoms with E-state index in [1.165, 1.54) is 29.7 Å². The third kappa shape index (κ3) is 2.61. The van der Waals surface area contributed by atoms with Crippen LogP contribution in [0.2, 0.25) is 0 Å². The van der Waals surface area contributed by atoms with Gasteiger partial charge in [-0.1, -0.05) is 6.42 Å². The predicted octanol–water partition coefficient (Wildman–Crippen LogP) is 0.0688. The molecule has 2 N–H and O–H groups in total. The van der Waals surface area contributed by atoms with Crippen LogP contribution in [0.3, 0.4) is 0 Å². The molecular formula is C11H17N3O2. The highest BCUT2D eigenvalue weighted by Gasteiger charge is 2.12. The molecule has 0 aromatic carbocycles. The second-order valence-corrected chi connectivity index (χ2v) is 4.21. The van der Waals surface area contributed by atoms with Crippen LogP contribution < -0.4 is 16.6 Å². The maximum absolute atomic E-state index is 11.4. The fourth-order valence-corrected chi connectivity index (χ4v) is 2.12. The van der Waals surface area contributed by atoms with Gasteiger partial charge in [0.25, 0.3) is 5.56 Å². The molecule has 0 spiro atoms. The van der Waals surface area contributed by atoms with Crippen LogP contribution in [0.5, 0.6) is 0 Å². The number of aromatic amines is 1. The number of aromatic nitrogens is 2. The molecule has 5 heteroatoms. The molecule has 1 aromatic heterocycles. The van der Waals surface area contributed by atoms with Crippen LogP contribution >= 0.6 is 0 Å². The Balaban J connectivity index is 1.99. The molecule has 2 rings (SSSR count). The Kier molecular flexibility index (Phi) is 3.56. The SMILES string of the molecule is O=c1cc[nH]c(=O)n1CCC1CCCCN1. The molecular weight excluding hydrogens is 206 g/mol. The number of hydrogen-bond acceptors (Lipinski definition) is 3. The Labute approximate surface area is 93.5 Å². The molecule has 0 bridgehead atoms. The fourth-order valence-electron chi connectivity index (χ4n) is 2.12. The van der Waals surface area contributed by atoms with E-state index in [4.69, 9.17) is 0 Å². The lowest BCUT2D eigenvalue weighted by Crippen LogP contribution is -2.39. The highest BCUT2D eigenvalue weighted by Crippen LogP contribution is 2.09. The first-order chi connectivity index (χ1) is 7.77. The molecule has 0 amide bonds. The first-order valence-electron chi connectivity index (χ1n) is 5.79. The molecule has 5 nitrogen and oxygen atoms in total. The first kappa shape index (κ1) is 11.1. The molecule has 1 aromatic rings. The van der Waals surface area contributed by atoms with Gasteiger partial charge in [-0.05, 0) is 25.8 Å². The molecule has 1 unspecified atom stereocenters. The van der Waals surface area contributed by atoms with Gasteiger partial charge in [-0.2, -0.15) is 0 Å². The molecule has 1 atom stereocenters. The van der Waals surface area contributed by atoms with Crippen LogP contribution in [0.4, 0.5) is 0 Å². The standard InChI is InChI=1S/C11H17N3O2/c15-10-4-7-13-11(16)14(10)8-5-9-3-1-2-6-12-9/h4,7,9,12H,1-3,5-6,8H2,(H,13,16). The van der Waals surface area contributed by atoms with E-state index in [9.17, 15) is 9.59 Å². The molecule has 88 valence electrons. The van der Waals surface area contributed by atoms with Gasteiger partial charge in [0.1, 0.15) is 0 Å². The monoisotopic (exact) mass is 223 g/mol. The zero-order chi connectivity index (χ0) is 11.4. The van der Waals surface area contributed by atoms with Crippen molar-refractivity contribution in [2.45, 2.75) is 38.3 Å². The molecule has 1 saturated heterocycles. The van der Waals surface area contributed by atoms with E-state index in [0.717, 1.165) is 19.4 Å². The first-order valence-corrected chi connectivity index (χ1v) is 5.79. The second kappa shape index (κ2) is 5.12. The van der Waals surface area contributed by atoms with Crippen molar-refractivity contribution < 1.29 is 0 Å². The summed E-state index contributed by atoms with van der Waals surface area (Å²) in [6, 6.07) is 1.83. The van der Waals surface area contributed by atoms with Gasteiger partial charge < -0.3 is 10.3 Å². The smallest absolute Gasteiger partial charge is 0.314 e. The third-order valence-corrected chi connectivity index (χ3v) is 3.06. The largest absolute Gasteiger partial charge is 0.328 e. The molecule has 1 aliphatic heterocycles. The minimum atomic E-state index is -0.316. The van der Waals surface area contributed by atoms with Crippen molar-refractivity contribution in [1.29, 1.82) is 0 Å². The van der Waals surface area contributed by atoms with E-state index >= 15 is 0 Å². The van der Waals surface area contributed by atoms with Crippen molar-refractivity contribution in [3.63, 3.8) is 0 Å². The lowest BCUT2D eigenvalue weighted by Gasteiger charge is -2.23. The van der Waals surface area contributed by atoms with Crippen molar-refractivity contribution in [2.24, 2.45) is 0 Å². The van der Waals surface area contributed by atoms with Gasteiger partial charge in [0.15, 0.2) is 0 Å². The highest BCUT2D eigenvalue weighted by atomic mass is 16.2. The van der Waals surface area contributed by atoms with Crippen molar-refractivity contribution in [3.05, 3.63) is 33.1 Å². The average Bonchev–Trinajstić information content (AvgIpc) is 2.30. The number of nitrogens with zero attached hydrogens (tertiary/aromatic N) is 1. The zero-order valence-corrected chi connectivity index (χ0v) is 9.24. The minimum absolute atomic E-state index is 0.223. The molecule has 1 fully saturated rings. The van der Waals surface area contributed by atoms with Gasteiger partial charge in [-0.25, -0.2) is 4.79 Å². The van der Waals surface area contributed by atoms with Gasteiger partial charge in [-0.15, -0.1) is 0 Å². The van der Waals surface area contributed by atoms with E-state index in [0.29, 0.717) is 12.6 Å². The van der Waals surface area contributed by atoms with Crippen LogP contribution in [-0.4, -0.2) is 22.1 Å². The Bertz CT molecular complexity index is 415. The summed E-state index contributed by atoms with van der Waals surface area (Å²) in [5.74, 6) is 0. The quantitative estimate of drug-likeness (QED) is 0.762. The van der Waals surface area contributed by atoms with Gasteiger partial charge >= 0.3 is 5.69 Å². The number of piperidine rings is 1. The van der Waals surface area contributed by atoms with Crippen LogP contribution in [0.25, 0.3) is 0 Å². The van der Waals surface area contributed by atoms with E-state index in [-0.39, 0.29) is 11.2 Å². The Morgan fingerprint density at radius 1 is 1.38 bits per heavy atom. The summed E-state index contributed by atoms with van der Waals surface area (Å²) >= 11 is 0. The number of hydrogen-bond donors (Lipinski definition) is 2. The van der Waals surface area contributed by atoms with Crippen LogP contribution in [0.15, 0.2) is 21.9 Å². The predicted molar refractivity (Wildman–Crippen MR) is 61.6 cm³/mol. The average molecular weight is 223 g/mol. The van der Waals surface area contributed by atoms with Crippen molar-refractivity contribution in [3.8, 4) is 0 Å². The maximum atomic E-state index is 11.4. The minimum Gasteiger partial charge on any atom is -0.314 e. The molecule has 16 heavy (non-hydrogen) atoms. The molecule has 2 heterocycles. The van der Waals surface area contributed by atoms with Gasteiger partial charge in [0.05, 0.1) is 0 Å². The van der Waals surface area contributed by atoms with Gasteiger partial charge in [0, 0.05) is 24.8 Å². The number of nitrogens with one attached hydrogen (secondary N) is 2. The van der Waals surface area contributed by atoms with Crippen molar-refractivity contribution in [2.75, 3.05) is 6.54 Å². The normalized spacial score (nSPS) is 20.9. The van der Waals surface area contributed by atoms with Crippen LogP contribution in [0.1, 0.15) is 25.7 Å². The summed E-state index contributed by atoms with van der Waals surface area (Å²) in [6.07, 6.45) is 5.83. The van der Waals surface area contributed by atoms with Crippen molar-refractivity contribution >= 4 is 0 Å². The Morgan fingerprint density at radius 2 is 2.25 bits per heavy atom.